The first kappa shape index (κ1) is 24.6. The number of hydrogen-bond acceptors (Lipinski definition) is 3. The maximum absolute atomic E-state index is 9.55. The predicted molar refractivity (Wildman–Crippen MR) is 127 cm³/mol. The van der Waals surface area contributed by atoms with Crippen LogP contribution in [-0.2, 0) is 28.0 Å². The molecule has 5 nitrogen and oxygen atoms in total. The molecule has 0 fully saturated rings. The first-order chi connectivity index (χ1) is 15.3. The Morgan fingerprint density at radius 3 is 1.34 bits per heavy atom. The molecule has 0 radical (unpaired) electrons. The molecule has 0 amide bonds. The monoisotopic (exact) mass is 431 g/mol. The summed E-state index contributed by atoms with van der Waals surface area (Å²) in [5.41, 5.74) is 4.03. The molecule has 0 heterocycles. The summed E-state index contributed by atoms with van der Waals surface area (Å²) in [5, 5.41) is 15.6. The highest BCUT2D eigenvalue weighted by Gasteiger charge is 2.35. The van der Waals surface area contributed by atoms with Gasteiger partial charge in [0, 0.05) is 12.2 Å². The van der Waals surface area contributed by atoms with Crippen LogP contribution >= 0.6 is 0 Å². The van der Waals surface area contributed by atoms with E-state index in [0.29, 0.717) is 12.2 Å². The molecule has 0 aliphatic heterocycles. The molecular weight excluding hydrogens is 402 g/mol. The molecule has 0 bridgehead atoms. The minimum absolute atomic E-state index is 0.0655. The lowest BCUT2D eigenvalue weighted by atomic mass is 9.78. The summed E-state index contributed by atoms with van der Waals surface area (Å²) in [5.74, 6) is -2.51. The van der Waals surface area contributed by atoms with Crippen LogP contribution in [0.5, 0.6) is 0 Å². The molecule has 0 aliphatic carbocycles. The van der Waals surface area contributed by atoms with Gasteiger partial charge in [0.2, 0.25) is 0 Å². The summed E-state index contributed by atoms with van der Waals surface area (Å²) < 4.78 is 0. The van der Waals surface area contributed by atoms with Crippen LogP contribution in [0.4, 0.5) is 0 Å². The van der Waals surface area contributed by atoms with Crippen molar-refractivity contribution >= 4 is 11.9 Å². The molecule has 3 aromatic carbocycles. The molecule has 2 N–H and O–H groups in total. The van der Waals surface area contributed by atoms with Crippen molar-refractivity contribution in [3.05, 3.63) is 120 Å². The van der Waals surface area contributed by atoms with Crippen molar-refractivity contribution in [2.24, 2.45) is 0 Å². The Kier molecular flexibility index (Phi) is 9.39. The summed E-state index contributed by atoms with van der Waals surface area (Å²) in [6.45, 7) is 0. The topological polar surface area (TPSA) is 77.8 Å². The van der Waals surface area contributed by atoms with E-state index in [1.807, 2.05) is 0 Å². The Bertz CT molecular complexity index is 942. The van der Waals surface area contributed by atoms with Crippen molar-refractivity contribution in [2.45, 2.75) is 18.4 Å². The van der Waals surface area contributed by atoms with Crippen molar-refractivity contribution in [2.75, 3.05) is 14.1 Å². The fraction of sp³-hybridized carbons (Fsp3) is 0.185. The zero-order valence-electron chi connectivity index (χ0n) is 18.4. The van der Waals surface area contributed by atoms with Gasteiger partial charge in [-0.05, 0) is 43.6 Å². The van der Waals surface area contributed by atoms with Crippen LogP contribution < -0.4 is 0 Å². The first-order valence-corrected chi connectivity index (χ1v) is 10.3. The minimum Gasteiger partial charge on any atom is -0.478 e. The number of carbonyl (C=O) groups is 2. The van der Waals surface area contributed by atoms with Crippen molar-refractivity contribution in [3.8, 4) is 0 Å². The van der Waals surface area contributed by atoms with E-state index in [1.54, 1.807) is 0 Å². The molecule has 166 valence electrons. The number of hydrogen-bond donors (Lipinski definition) is 2. The first-order valence-electron chi connectivity index (χ1n) is 10.3. The average molecular weight is 432 g/mol. The van der Waals surface area contributed by atoms with E-state index in [4.69, 9.17) is 10.2 Å². The van der Waals surface area contributed by atoms with Crippen molar-refractivity contribution in [1.82, 2.24) is 4.90 Å². The highest BCUT2D eigenvalue weighted by atomic mass is 16.4. The quantitative estimate of drug-likeness (QED) is 0.508. The number of carboxylic acid groups (broad SMARTS) is 2. The molecule has 0 spiro atoms. The summed E-state index contributed by atoms with van der Waals surface area (Å²) in [6, 6.07) is 32.5. The van der Waals surface area contributed by atoms with Crippen LogP contribution in [0.1, 0.15) is 16.7 Å². The Labute approximate surface area is 189 Å². The molecule has 0 aromatic heterocycles. The van der Waals surface area contributed by atoms with E-state index in [1.165, 1.54) is 16.7 Å². The molecule has 3 aromatic rings. The lowest BCUT2D eigenvalue weighted by Gasteiger charge is -2.41. The van der Waals surface area contributed by atoms with Crippen LogP contribution in [-0.4, -0.2) is 41.1 Å². The molecule has 0 atom stereocenters. The molecule has 3 rings (SSSR count). The van der Waals surface area contributed by atoms with Gasteiger partial charge in [0.1, 0.15) is 0 Å². The zero-order chi connectivity index (χ0) is 23.4. The summed E-state index contributed by atoms with van der Waals surface area (Å²) in [6.07, 6.45) is 3.09. The summed E-state index contributed by atoms with van der Waals surface area (Å²) >= 11 is 0. The minimum atomic E-state index is -1.26. The lowest BCUT2D eigenvalue weighted by Crippen LogP contribution is -2.45. The van der Waals surface area contributed by atoms with Gasteiger partial charge in [0.15, 0.2) is 0 Å². The van der Waals surface area contributed by atoms with Crippen molar-refractivity contribution in [3.63, 3.8) is 0 Å². The van der Waals surface area contributed by atoms with Gasteiger partial charge in [-0.2, -0.15) is 0 Å². The molecule has 32 heavy (non-hydrogen) atoms. The van der Waals surface area contributed by atoms with Gasteiger partial charge >= 0.3 is 11.9 Å². The molecule has 0 saturated heterocycles. The molecular formula is C27H29NO4. The predicted octanol–water partition coefficient (Wildman–Crippen LogP) is 4.64. The molecule has 0 unspecified atom stereocenters. The van der Waals surface area contributed by atoms with E-state index in [-0.39, 0.29) is 5.54 Å². The summed E-state index contributed by atoms with van der Waals surface area (Å²) in [7, 11) is 4.39. The fourth-order valence-corrected chi connectivity index (χ4v) is 3.60. The van der Waals surface area contributed by atoms with Gasteiger partial charge in [0.05, 0.1) is 5.54 Å². The number of likely N-dealkylation sites (N-methyl/N-ethyl adjacent to an activating group) is 1. The number of benzene rings is 3. The number of carboxylic acids is 2. The van der Waals surface area contributed by atoms with Gasteiger partial charge in [0.25, 0.3) is 0 Å². The average Bonchev–Trinajstić information content (AvgIpc) is 2.79. The Hall–Kier alpha value is -3.70. The number of aliphatic carboxylic acids is 2. The van der Waals surface area contributed by atoms with Gasteiger partial charge in [-0.1, -0.05) is 91.0 Å². The lowest BCUT2D eigenvalue weighted by molar-refractivity contribution is -0.134. The van der Waals surface area contributed by atoms with Crippen LogP contribution in [0.15, 0.2) is 103 Å². The second-order valence-electron chi connectivity index (χ2n) is 7.63. The molecule has 5 heteroatoms. The van der Waals surface area contributed by atoms with E-state index in [9.17, 15) is 9.59 Å². The van der Waals surface area contributed by atoms with Gasteiger partial charge in [-0.3, -0.25) is 4.90 Å². The SMILES string of the molecule is CN(C)C(Cc1ccccc1)(Cc1ccccc1)c1ccccc1.O=C(O)/C=C/C(=O)O. The van der Waals surface area contributed by atoms with Crippen molar-refractivity contribution < 1.29 is 19.8 Å². The van der Waals surface area contributed by atoms with Crippen LogP contribution in [0.25, 0.3) is 0 Å². The molecule has 0 saturated carbocycles. The smallest absolute Gasteiger partial charge is 0.328 e. The largest absolute Gasteiger partial charge is 0.478 e. The Balaban J connectivity index is 0.000000390. The normalized spacial score (nSPS) is 11.1. The maximum atomic E-state index is 9.55. The van der Waals surface area contributed by atoms with Gasteiger partial charge in [-0.15, -0.1) is 0 Å². The van der Waals surface area contributed by atoms with Gasteiger partial charge < -0.3 is 10.2 Å². The van der Waals surface area contributed by atoms with E-state index in [2.05, 4.69) is 110 Å². The molecule has 0 aliphatic rings. The van der Waals surface area contributed by atoms with E-state index in [0.717, 1.165) is 12.8 Å². The number of nitrogens with zero attached hydrogens (tertiary/aromatic N) is 1. The maximum Gasteiger partial charge on any atom is 0.328 e. The fourth-order valence-electron chi connectivity index (χ4n) is 3.60. The van der Waals surface area contributed by atoms with Gasteiger partial charge in [-0.25, -0.2) is 9.59 Å². The van der Waals surface area contributed by atoms with Crippen LogP contribution in [0.2, 0.25) is 0 Å². The van der Waals surface area contributed by atoms with E-state index < -0.39 is 11.9 Å². The third-order valence-electron chi connectivity index (χ3n) is 5.21. The summed E-state index contributed by atoms with van der Waals surface area (Å²) in [4.78, 5) is 21.5. The highest BCUT2D eigenvalue weighted by molar-refractivity contribution is 5.89. The van der Waals surface area contributed by atoms with Crippen LogP contribution in [0, 0.1) is 0 Å². The zero-order valence-corrected chi connectivity index (χ0v) is 18.4. The van der Waals surface area contributed by atoms with Crippen LogP contribution in [0.3, 0.4) is 0 Å². The van der Waals surface area contributed by atoms with Crippen molar-refractivity contribution in [1.29, 1.82) is 0 Å². The standard InChI is InChI=1S/C23H25N.C4H4O4/c1-24(2)23(22-16-10-5-11-17-22,18-20-12-6-3-7-13-20)19-21-14-8-4-9-15-21;5-3(6)1-2-4(7)8/h3-17H,18-19H2,1-2H3;1-2H,(H,5,6)(H,7,8)/b;2-1+. The Morgan fingerprint density at radius 1 is 0.688 bits per heavy atom. The number of rotatable bonds is 8. The second-order valence-corrected chi connectivity index (χ2v) is 7.63. The van der Waals surface area contributed by atoms with E-state index >= 15 is 0 Å². The third kappa shape index (κ3) is 7.52. The third-order valence-corrected chi connectivity index (χ3v) is 5.21. The highest BCUT2D eigenvalue weighted by Crippen LogP contribution is 2.34. The second kappa shape index (κ2) is 12.2. The Morgan fingerprint density at radius 2 is 1.03 bits per heavy atom.